The van der Waals surface area contributed by atoms with E-state index in [-0.39, 0.29) is 12.5 Å². The van der Waals surface area contributed by atoms with Crippen LogP contribution in [0.15, 0.2) is 0 Å². The molecule has 0 radical (unpaired) electrons. The van der Waals surface area contributed by atoms with Crippen LogP contribution in [0.3, 0.4) is 0 Å². The molecule has 0 bridgehead atoms. The summed E-state index contributed by atoms with van der Waals surface area (Å²) in [6.45, 7) is 4.30. The van der Waals surface area contributed by atoms with Gasteiger partial charge in [-0.05, 0) is 21.0 Å². The molecule has 78 valence electrons. The summed E-state index contributed by atoms with van der Waals surface area (Å²) in [5.41, 5.74) is 0. The first-order valence-corrected chi connectivity index (χ1v) is 4.54. The van der Waals surface area contributed by atoms with Crippen molar-refractivity contribution in [3.05, 3.63) is 0 Å². The van der Waals surface area contributed by atoms with Gasteiger partial charge >= 0.3 is 0 Å². The Morgan fingerprint density at radius 1 is 1.23 bits per heavy atom. The Morgan fingerprint density at radius 2 is 1.85 bits per heavy atom. The molecule has 0 heterocycles. The SMILES string of the molecule is CCOCC(=O)N(C)CCN(C)C. The molecule has 0 aromatic heterocycles. The molecule has 0 unspecified atom stereocenters. The minimum atomic E-state index is 0.0451. The number of carbonyl (C=O) groups excluding carboxylic acids is 1. The Balaban J connectivity index is 3.57. The van der Waals surface area contributed by atoms with E-state index in [0.717, 1.165) is 13.1 Å². The summed E-state index contributed by atoms with van der Waals surface area (Å²) >= 11 is 0. The quantitative estimate of drug-likeness (QED) is 0.590. The summed E-state index contributed by atoms with van der Waals surface area (Å²) in [4.78, 5) is 15.0. The average molecular weight is 188 g/mol. The Labute approximate surface area is 80.5 Å². The standard InChI is InChI=1S/C9H20N2O2/c1-5-13-8-9(12)11(4)7-6-10(2)3/h5-8H2,1-4H3. The molecule has 0 saturated carbocycles. The lowest BCUT2D eigenvalue weighted by atomic mass is 10.5. The second-order valence-electron chi connectivity index (χ2n) is 3.26. The van der Waals surface area contributed by atoms with Crippen molar-refractivity contribution < 1.29 is 9.53 Å². The number of hydrogen-bond donors (Lipinski definition) is 0. The monoisotopic (exact) mass is 188 g/mol. The summed E-state index contributed by atoms with van der Waals surface area (Å²) < 4.78 is 5.02. The van der Waals surface area contributed by atoms with Gasteiger partial charge in [-0.15, -0.1) is 0 Å². The first-order chi connectivity index (χ1) is 6.07. The molecule has 0 saturated heterocycles. The maximum atomic E-state index is 11.3. The zero-order chi connectivity index (χ0) is 10.3. The number of hydrogen-bond acceptors (Lipinski definition) is 3. The number of amides is 1. The Kier molecular flexibility index (Phi) is 6.54. The van der Waals surface area contributed by atoms with E-state index >= 15 is 0 Å². The Hall–Kier alpha value is -0.610. The number of nitrogens with zero attached hydrogens (tertiary/aromatic N) is 2. The highest BCUT2D eigenvalue weighted by molar-refractivity contribution is 5.77. The summed E-state index contributed by atoms with van der Waals surface area (Å²) in [7, 11) is 5.77. The lowest BCUT2D eigenvalue weighted by Crippen LogP contribution is -2.35. The molecule has 13 heavy (non-hydrogen) atoms. The van der Waals surface area contributed by atoms with Gasteiger partial charge in [0, 0.05) is 26.7 Å². The van der Waals surface area contributed by atoms with Crippen LogP contribution in [-0.4, -0.2) is 63.2 Å². The molecule has 0 aromatic rings. The average Bonchev–Trinajstić information content (AvgIpc) is 2.10. The van der Waals surface area contributed by atoms with Crippen LogP contribution < -0.4 is 0 Å². The van der Waals surface area contributed by atoms with Crippen molar-refractivity contribution >= 4 is 5.91 Å². The van der Waals surface area contributed by atoms with Gasteiger partial charge in [0.25, 0.3) is 0 Å². The van der Waals surface area contributed by atoms with Crippen LogP contribution in [0.25, 0.3) is 0 Å². The molecule has 4 heteroatoms. The normalized spacial score (nSPS) is 10.5. The van der Waals surface area contributed by atoms with Gasteiger partial charge in [-0.3, -0.25) is 4.79 Å². The largest absolute Gasteiger partial charge is 0.372 e. The molecule has 0 aliphatic carbocycles. The molecule has 0 atom stereocenters. The topological polar surface area (TPSA) is 32.8 Å². The van der Waals surface area contributed by atoms with Gasteiger partial charge in [0.05, 0.1) is 0 Å². The van der Waals surface area contributed by atoms with Gasteiger partial charge in [0.1, 0.15) is 6.61 Å². The van der Waals surface area contributed by atoms with Crippen LogP contribution in [0.1, 0.15) is 6.92 Å². The minimum Gasteiger partial charge on any atom is -0.372 e. The molecule has 0 aliphatic heterocycles. The maximum Gasteiger partial charge on any atom is 0.248 e. The van der Waals surface area contributed by atoms with Crippen LogP contribution in [-0.2, 0) is 9.53 Å². The van der Waals surface area contributed by atoms with E-state index in [1.807, 2.05) is 25.9 Å². The number of rotatable bonds is 6. The van der Waals surface area contributed by atoms with E-state index in [1.54, 1.807) is 11.9 Å². The molecule has 0 fully saturated rings. The van der Waals surface area contributed by atoms with Gasteiger partial charge in [-0.25, -0.2) is 0 Å². The van der Waals surface area contributed by atoms with Gasteiger partial charge in [-0.2, -0.15) is 0 Å². The Bertz CT molecular complexity index is 149. The number of carbonyl (C=O) groups is 1. The second-order valence-corrected chi connectivity index (χ2v) is 3.26. The van der Waals surface area contributed by atoms with Crippen molar-refractivity contribution in [2.75, 3.05) is 47.4 Å². The Morgan fingerprint density at radius 3 is 2.31 bits per heavy atom. The van der Waals surface area contributed by atoms with Crippen molar-refractivity contribution in [2.45, 2.75) is 6.92 Å². The highest BCUT2D eigenvalue weighted by Gasteiger charge is 2.07. The fourth-order valence-corrected chi connectivity index (χ4v) is 0.774. The van der Waals surface area contributed by atoms with Gasteiger partial charge in [0.15, 0.2) is 0 Å². The lowest BCUT2D eigenvalue weighted by molar-refractivity contribution is -0.134. The van der Waals surface area contributed by atoms with Crippen molar-refractivity contribution in [2.24, 2.45) is 0 Å². The van der Waals surface area contributed by atoms with Crippen molar-refractivity contribution in [1.29, 1.82) is 0 Å². The maximum absolute atomic E-state index is 11.3. The first kappa shape index (κ1) is 12.4. The molecule has 0 aromatic carbocycles. The minimum absolute atomic E-state index is 0.0451. The van der Waals surface area contributed by atoms with E-state index in [0.29, 0.717) is 6.61 Å². The van der Waals surface area contributed by atoms with Crippen LogP contribution in [0, 0.1) is 0 Å². The third kappa shape index (κ3) is 6.54. The second kappa shape index (κ2) is 6.86. The van der Waals surface area contributed by atoms with E-state index in [9.17, 15) is 4.79 Å². The molecule has 1 amide bonds. The van der Waals surface area contributed by atoms with Gasteiger partial charge in [-0.1, -0.05) is 0 Å². The van der Waals surface area contributed by atoms with Crippen molar-refractivity contribution in [1.82, 2.24) is 9.80 Å². The molecular weight excluding hydrogens is 168 g/mol. The molecule has 0 spiro atoms. The van der Waals surface area contributed by atoms with Crippen LogP contribution in [0.4, 0.5) is 0 Å². The van der Waals surface area contributed by atoms with E-state index in [2.05, 4.69) is 0 Å². The fourth-order valence-electron chi connectivity index (χ4n) is 0.774. The van der Waals surface area contributed by atoms with Crippen molar-refractivity contribution in [3.8, 4) is 0 Å². The number of ether oxygens (including phenoxy) is 1. The summed E-state index contributed by atoms with van der Waals surface area (Å²) in [5.74, 6) is 0.0451. The third-order valence-electron chi connectivity index (χ3n) is 1.74. The smallest absolute Gasteiger partial charge is 0.248 e. The molecule has 0 aliphatic rings. The zero-order valence-electron chi connectivity index (χ0n) is 9.04. The predicted octanol–water partition coefficient (Wildman–Crippen LogP) is 0.0429. The molecule has 0 N–H and O–H groups in total. The third-order valence-corrected chi connectivity index (χ3v) is 1.74. The summed E-state index contributed by atoms with van der Waals surface area (Å²) in [6, 6.07) is 0. The molecule has 0 rings (SSSR count). The summed E-state index contributed by atoms with van der Waals surface area (Å²) in [6.07, 6.45) is 0. The highest BCUT2D eigenvalue weighted by atomic mass is 16.5. The highest BCUT2D eigenvalue weighted by Crippen LogP contribution is 1.87. The fraction of sp³-hybridized carbons (Fsp3) is 0.889. The predicted molar refractivity (Wildman–Crippen MR) is 52.7 cm³/mol. The van der Waals surface area contributed by atoms with Crippen LogP contribution in [0.5, 0.6) is 0 Å². The van der Waals surface area contributed by atoms with Gasteiger partial charge in [0.2, 0.25) is 5.91 Å². The van der Waals surface area contributed by atoms with Crippen LogP contribution in [0.2, 0.25) is 0 Å². The molecular formula is C9H20N2O2. The lowest BCUT2D eigenvalue weighted by Gasteiger charge is -2.19. The van der Waals surface area contributed by atoms with E-state index < -0.39 is 0 Å². The van der Waals surface area contributed by atoms with E-state index in [1.165, 1.54) is 0 Å². The molecule has 4 nitrogen and oxygen atoms in total. The zero-order valence-corrected chi connectivity index (χ0v) is 9.04. The van der Waals surface area contributed by atoms with E-state index in [4.69, 9.17) is 4.74 Å². The van der Waals surface area contributed by atoms with Crippen LogP contribution >= 0.6 is 0 Å². The summed E-state index contributed by atoms with van der Waals surface area (Å²) in [5, 5.41) is 0. The number of likely N-dealkylation sites (N-methyl/N-ethyl adjacent to an activating group) is 2. The first-order valence-electron chi connectivity index (χ1n) is 4.54. The van der Waals surface area contributed by atoms with Crippen molar-refractivity contribution in [3.63, 3.8) is 0 Å². The van der Waals surface area contributed by atoms with Gasteiger partial charge < -0.3 is 14.5 Å².